The van der Waals surface area contributed by atoms with E-state index in [2.05, 4.69) is 26.9 Å². The van der Waals surface area contributed by atoms with Crippen molar-refractivity contribution in [2.75, 3.05) is 5.32 Å². The van der Waals surface area contributed by atoms with Crippen LogP contribution in [0.5, 0.6) is 0 Å². The van der Waals surface area contributed by atoms with E-state index in [1.165, 1.54) is 17.3 Å². The fourth-order valence-electron chi connectivity index (χ4n) is 2.76. The molecule has 0 saturated heterocycles. The molecule has 0 radical (unpaired) electrons. The number of amides is 1. The van der Waals surface area contributed by atoms with Gasteiger partial charge in [0.25, 0.3) is 0 Å². The van der Waals surface area contributed by atoms with Gasteiger partial charge in [0.2, 0.25) is 11.1 Å². The van der Waals surface area contributed by atoms with Crippen molar-refractivity contribution in [3.63, 3.8) is 0 Å². The molecule has 1 heterocycles. The second-order valence-electron chi connectivity index (χ2n) is 6.73. The Morgan fingerprint density at radius 1 is 1.04 bits per heavy atom. The third-order valence-electron chi connectivity index (χ3n) is 4.32. The van der Waals surface area contributed by atoms with Crippen molar-refractivity contribution >= 4 is 23.4 Å². The number of tetrazole rings is 1. The number of carbonyl (C=O) groups excluding carboxylic acids is 1. The van der Waals surface area contributed by atoms with E-state index < -0.39 is 0 Å². The molecule has 0 spiro atoms. The molecule has 140 valence electrons. The Hall–Kier alpha value is -2.67. The van der Waals surface area contributed by atoms with Crippen molar-refractivity contribution in [3.05, 3.63) is 58.7 Å². The molecule has 6 nitrogen and oxygen atoms in total. The number of thioether (sulfide) groups is 1. The Kier molecular flexibility index (Phi) is 5.60. The molecule has 1 atom stereocenters. The predicted molar refractivity (Wildman–Crippen MR) is 108 cm³/mol. The summed E-state index contributed by atoms with van der Waals surface area (Å²) >= 11 is 1.34. The van der Waals surface area contributed by atoms with Crippen LogP contribution in [0.15, 0.2) is 41.6 Å². The van der Waals surface area contributed by atoms with E-state index in [0.29, 0.717) is 5.16 Å². The standard InChI is InChI=1S/C20H23N5OS/c1-12-7-9-18(15(4)10-12)25-20(22-23-24-25)27-16(5)19(26)21-17-11-13(2)6-8-14(17)3/h6-11,16H,1-5H3,(H,21,26)/t16-/m0/s1. The lowest BCUT2D eigenvalue weighted by Crippen LogP contribution is -2.23. The Labute approximate surface area is 163 Å². The summed E-state index contributed by atoms with van der Waals surface area (Å²) in [5.41, 5.74) is 6.15. The van der Waals surface area contributed by atoms with Gasteiger partial charge in [-0.15, -0.1) is 5.10 Å². The van der Waals surface area contributed by atoms with Gasteiger partial charge in [-0.3, -0.25) is 4.79 Å². The summed E-state index contributed by atoms with van der Waals surface area (Å²) in [6.45, 7) is 9.91. The molecule has 0 aliphatic heterocycles. The largest absolute Gasteiger partial charge is 0.325 e. The second-order valence-corrected chi connectivity index (χ2v) is 8.04. The highest BCUT2D eigenvalue weighted by molar-refractivity contribution is 8.00. The quantitative estimate of drug-likeness (QED) is 0.676. The van der Waals surface area contributed by atoms with Gasteiger partial charge in [0.1, 0.15) is 0 Å². The van der Waals surface area contributed by atoms with Crippen LogP contribution in [0.3, 0.4) is 0 Å². The monoisotopic (exact) mass is 381 g/mol. The van der Waals surface area contributed by atoms with E-state index in [-0.39, 0.29) is 11.2 Å². The van der Waals surface area contributed by atoms with Gasteiger partial charge in [0, 0.05) is 5.69 Å². The molecule has 3 rings (SSSR count). The third kappa shape index (κ3) is 4.36. The van der Waals surface area contributed by atoms with Gasteiger partial charge in [-0.2, -0.15) is 4.68 Å². The fraction of sp³-hybridized carbons (Fsp3) is 0.300. The van der Waals surface area contributed by atoms with Crippen LogP contribution in [-0.4, -0.2) is 31.4 Å². The highest BCUT2D eigenvalue weighted by atomic mass is 32.2. The summed E-state index contributed by atoms with van der Waals surface area (Å²) in [5.74, 6) is -0.0797. The first kappa shape index (κ1) is 19.1. The lowest BCUT2D eigenvalue weighted by molar-refractivity contribution is -0.115. The number of anilines is 1. The summed E-state index contributed by atoms with van der Waals surface area (Å²) < 4.78 is 1.68. The molecule has 27 heavy (non-hydrogen) atoms. The second kappa shape index (κ2) is 7.92. The van der Waals surface area contributed by atoms with Gasteiger partial charge >= 0.3 is 0 Å². The van der Waals surface area contributed by atoms with E-state index in [9.17, 15) is 4.79 Å². The maximum atomic E-state index is 12.7. The zero-order valence-electron chi connectivity index (χ0n) is 16.1. The number of benzene rings is 2. The molecule has 0 fully saturated rings. The van der Waals surface area contributed by atoms with E-state index in [0.717, 1.165) is 28.1 Å². The van der Waals surface area contributed by atoms with E-state index in [1.54, 1.807) is 4.68 Å². The minimum absolute atomic E-state index is 0.0797. The predicted octanol–water partition coefficient (Wildman–Crippen LogP) is 4.02. The van der Waals surface area contributed by atoms with Crippen LogP contribution >= 0.6 is 11.8 Å². The van der Waals surface area contributed by atoms with Gasteiger partial charge in [0.05, 0.1) is 10.9 Å². The van der Waals surface area contributed by atoms with Crippen molar-refractivity contribution < 1.29 is 4.79 Å². The number of hydrogen-bond donors (Lipinski definition) is 1. The Morgan fingerprint density at radius 2 is 1.74 bits per heavy atom. The molecule has 0 saturated carbocycles. The summed E-state index contributed by atoms with van der Waals surface area (Å²) in [5, 5.41) is 15.2. The summed E-state index contributed by atoms with van der Waals surface area (Å²) in [6, 6.07) is 12.1. The molecular weight excluding hydrogens is 358 g/mol. The summed E-state index contributed by atoms with van der Waals surface area (Å²) in [4.78, 5) is 12.7. The molecule has 1 N–H and O–H groups in total. The SMILES string of the molecule is Cc1ccc(-n2nnnc2S[C@@H](C)C(=O)Nc2cc(C)ccc2C)c(C)c1. The van der Waals surface area contributed by atoms with Crippen molar-refractivity contribution in [3.8, 4) is 5.69 Å². The first-order valence-corrected chi connectivity index (χ1v) is 9.64. The molecule has 7 heteroatoms. The summed E-state index contributed by atoms with van der Waals surface area (Å²) in [7, 11) is 0. The third-order valence-corrected chi connectivity index (χ3v) is 5.36. The number of aromatic nitrogens is 4. The van der Waals surface area contributed by atoms with Crippen molar-refractivity contribution in [2.45, 2.75) is 45.0 Å². The number of hydrogen-bond acceptors (Lipinski definition) is 5. The topological polar surface area (TPSA) is 72.7 Å². The molecule has 1 amide bonds. The Bertz CT molecular complexity index is 982. The molecule has 1 aromatic heterocycles. The number of nitrogens with one attached hydrogen (secondary N) is 1. The van der Waals surface area contributed by atoms with Gasteiger partial charge in [-0.05, 0) is 73.9 Å². The minimum atomic E-state index is -0.347. The van der Waals surface area contributed by atoms with Crippen LogP contribution in [0, 0.1) is 27.7 Å². The van der Waals surface area contributed by atoms with Gasteiger partial charge in [0.15, 0.2) is 0 Å². The highest BCUT2D eigenvalue weighted by Gasteiger charge is 2.20. The lowest BCUT2D eigenvalue weighted by atomic mass is 10.1. The fourth-order valence-corrected chi connectivity index (χ4v) is 3.56. The number of aryl methyl sites for hydroxylation is 4. The van der Waals surface area contributed by atoms with Gasteiger partial charge < -0.3 is 5.32 Å². The normalized spacial score (nSPS) is 12.0. The Balaban J connectivity index is 1.77. The van der Waals surface area contributed by atoms with E-state index in [1.807, 2.05) is 65.0 Å². The van der Waals surface area contributed by atoms with E-state index in [4.69, 9.17) is 0 Å². The van der Waals surface area contributed by atoms with Crippen LogP contribution in [0.1, 0.15) is 29.2 Å². The molecule has 2 aromatic carbocycles. The van der Waals surface area contributed by atoms with Gasteiger partial charge in [-0.25, -0.2) is 0 Å². The lowest BCUT2D eigenvalue weighted by Gasteiger charge is -2.14. The first-order chi connectivity index (χ1) is 12.8. The van der Waals surface area contributed by atoms with Crippen molar-refractivity contribution in [1.82, 2.24) is 20.2 Å². The maximum Gasteiger partial charge on any atom is 0.237 e. The highest BCUT2D eigenvalue weighted by Crippen LogP contribution is 2.26. The molecule has 3 aromatic rings. The maximum absolute atomic E-state index is 12.7. The van der Waals surface area contributed by atoms with Crippen LogP contribution in [-0.2, 0) is 4.79 Å². The number of rotatable bonds is 5. The summed E-state index contributed by atoms with van der Waals surface area (Å²) in [6.07, 6.45) is 0. The molecular formula is C20H23N5OS. The van der Waals surface area contributed by atoms with Gasteiger partial charge in [-0.1, -0.05) is 41.6 Å². The average Bonchev–Trinajstić information content (AvgIpc) is 3.06. The number of nitrogens with zero attached hydrogens (tertiary/aromatic N) is 4. The van der Waals surface area contributed by atoms with Crippen molar-refractivity contribution in [1.29, 1.82) is 0 Å². The molecule has 0 unspecified atom stereocenters. The van der Waals surface area contributed by atoms with Crippen LogP contribution in [0.2, 0.25) is 0 Å². The van der Waals surface area contributed by atoms with Crippen molar-refractivity contribution in [2.24, 2.45) is 0 Å². The van der Waals surface area contributed by atoms with Crippen LogP contribution in [0.25, 0.3) is 5.69 Å². The molecule has 0 aliphatic rings. The average molecular weight is 382 g/mol. The first-order valence-electron chi connectivity index (χ1n) is 8.76. The zero-order valence-corrected chi connectivity index (χ0v) is 17.0. The van der Waals surface area contributed by atoms with E-state index >= 15 is 0 Å². The smallest absolute Gasteiger partial charge is 0.237 e. The van der Waals surface area contributed by atoms with Crippen LogP contribution < -0.4 is 5.32 Å². The Morgan fingerprint density at radius 3 is 2.48 bits per heavy atom. The van der Waals surface area contributed by atoms with Crippen LogP contribution in [0.4, 0.5) is 5.69 Å². The minimum Gasteiger partial charge on any atom is -0.325 e. The number of carbonyl (C=O) groups is 1. The zero-order chi connectivity index (χ0) is 19.6. The molecule has 0 bridgehead atoms. The molecule has 0 aliphatic carbocycles.